The minimum absolute atomic E-state index is 0.248. The van der Waals surface area contributed by atoms with E-state index in [4.69, 9.17) is 4.42 Å². The van der Waals surface area contributed by atoms with E-state index in [0.717, 1.165) is 16.6 Å². The maximum absolute atomic E-state index is 11.5. The fraction of sp³-hybridized carbons (Fsp3) is 0.105. The van der Waals surface area contributed by atoms with Crippen LogP contribution >= 0.6 is 0 Å². The van der Waals surface area contributed by atoms with Crippen LogP contribution < -0.4 is 5.32 Å². The van der Waals surface area contributed by atoms with Crippen LogP contribution in [0.5, 0.6) is 0 Å². The first-order valence-corrected chi connectivity index (χ1v) is 7.93. The van der Waals surface area contributed by atoms with Crippen LogP contribution in [0.25, 0.3) is 22.0 Å². The summed E-state index contributed by atoms with van der Waals surface area (Å²) in [4.78, 5) is 11.5. The maximum Gasteiger partial charge on any atom is 0.286 e. The molecule has 124 valence electrons. The summed E-state index contributed by atoms with van der Waals surface area (Å²) < 4.78 is 7.20. The van der Waals surface area contributed by atoms with Crippen molar-refractivity contribution in [1.82, 2.24) is 20.3 Å². The second-order valence-corrected chi connectivity index (χ2v) is 5.71. The third-order valence-corrected chi connectivity index (χ3v) is 4.01. The second-order valence-electron chi connectivity index (χ2n) is 5.71. The molecule has 0 unspecified atom stereocenters. The molecule has 0 saturated heterocycles. The SMILES string of the molecule is CNC(=O)c1ccc(Cn2cc(-c3ccc4ccccc4c3)nn2)o1. The molecule has 1 N–H and O–H groups in total. The van der Waals surface area contributed by atoms with Crippen LogP contribution in [-0.4, -0.2) is 27.9 Å². The van der Waals surface area contributed by atoms with Crippen LogP contribution in [0, 0.1) is 0 Å². The molecule has 0 saturated carbocycles. The van der Waals surface area contributed by atoms with Gasteiger partial charge in [-0.15, -0.1) is 5.10 Å². The first kappa shape index (κ1) is 15.1. The minimum Gasteiger partial charge on any atom is -0.454 e. The predicted octanol–water partition coefficient (Wildman–Crippen LogP) is 3.10. The Hall–Kier alpha value is -3.41. The molecule has 0 atom stereocenters. The van der Waals surface area contributed by atoms with Gasteiger partial charge >= 0.3 is 0 Å². The number of hydrogen-bond acceptors (Lipinski definition) is 4. The summed E-state index contributed by atoms with van der Waals surface area (Å²) in [5.41, 5.74) is 1.80. The van der Waals surface area contributed by atoms with E-state index in [1.807, 2.05) is 24.4 Å². The van der Waals surface area contributed by atoms with Crippen molar-refractivity contribution >= 4 is 16.7 Å². The Bertz CT molecular complexity index is 1050. The molecule has 2 heterocycles. The fourth-order valence-corrected chi connectivity index (χ4v) is 2.72. The van der Waals surface area contributed by atoms with E-state index in [9.17, 15) is 4.79 Å². The fourth-order valence-electron chi connectivity index (χ4n) is 2.72. The van der Waals surface area contributed by atoms with Crippen molar-refractivity contribution in [2.24, 2.45) is 0 Å². The number of nitrogens with zero attached hydrogens (tertiary/aromatic N) is 3. The number of carbonyl (C=O) groups excluding carboxylic acids is 1. The lowest BCUT2D eigenvalue weighted by atomic mass is 10.1. The maximum atomic E-state index is 11.5. The van der Waals surface area contributed by atoms with Crippen LogP contribution in [0.4, 0.5) is 0 Å². The number of carbonyl (C=O) groups is 1. The van der Waals surface area contributed by atoms with Crippen molar-refractivity contribution in [2.45, 2.75) is 6.54 Å². The molecule has 0 aliphatic heterocycles. The van der Waals surface area contributed by atoms with Gasteiger partial charge in [0.1, 0.15) is 18.0 Å². The van der Waals surface area contributed by atoms with Gasteiger partial charge in [0.2, 0.25) is 0 Å². The quantitative estimate of drug-likeness (QED) is 0.623. The van der Waals surface area contributed by atoms with Crippen molar-refractivity contribution in [3.63, 3.8) is 0 Å². The van der Waals surface area contributed by atoms with E-state index < -0.39 is 0 Å². The van der Waals surface area contributed by atoms with Gasteiger partial charge in [-0.25, -0.2) is 4.68 Å². The van der Waals surface area contributed by atoms with Gasteiger partial charge in [0.05, 0.1) is 6.20 Å². The normalized spacial score (nSPS) is 10.9. The molecule has 4 rings (SSSR count). The molecule has 25 heavy (non-hydrogen) atoms. The van der Waals surface area contributed by atoms with Gasteiger partial charge in [0.25, 0.3) is 5.91 Å². The van der Waals surface area contributed by atoms with E-state index in [0.29, 0.717) is 12.3 Å². The number of hydrogen-bond donors (Lipinski definition) is 1. The zero-order chi connectivity index (χ0) is 17.2. The first-order chi connectivity index (χ1) is 12.2. The zero-order valence-corrected chi connectivity index (χ0v) is 13.6. The van der Waals surface area contributed by atoms with Gasteiger partial charge in [0.15, 0.2) is 5.76 Å². The van der Waals surface area contributed by atoms with Crippen molar-refractivity contribution in [3.05, 3.63) is 72.3 Å². The summed E-state index contributed by atoms with van der Waals surface area (Å²) >= 11 is 0. The Morgan fingerprint density at radius 1 is 1.12 bits per heavy atom. The molecule has 2 aromatic carbocycles. The van der Waals surface area contributed by atoms with Crippen LogP contribution in [0.15, 0.2) is 65.2 Å². The molecule has 1 amide bonds. The van der Waals surface area contributed by atoms with Crippen molar-refractivity contribution in [1.29, 1.82) is 0 Å². The molecule has 6 heteroatoms. The Labute approximate surface area is 144 Å². The molecule has 0 bridgehead atoms. The van der Waals surface area contributed by atoms with Crippen LogP contribution in [0.1, 0.15) is 16.3 Å². The molecule has 0 aliphatic rings. The largest absolute Gasteiger partial charge is 0.454 e. The Balaban J connectivity index is 1.57. The van der Waals surface area contributed by atoms with Crippen molar-refractivity contribution in [3.8, 4) is 11.3 Å². The lowest BCUT2D eigenvalue weighted by molar-refractivity contribution is 0.0933. The summed E-state index contributed by atoms with van der Waals surface area (Å²) in [6.45, 7) is 0.414. The van der Waals surface area contributed by atoms with E-state index in [-0.39, 0.29) is 11.7 Å². The van der Waals surface area contributed by atoms with Crippen molar-refractivity contribution < 1.29 is 9.21 Å². The highest BCUT2D eigenvalue weighted by Crippen LogP contribution is 2.22. The van der Waals surface area contributed by atoms with Gasteiger partial charge in [-0.1, -0.05) is 41.6 Å². The third-order valence-electron chi connectivity index (χ3n) is 4.01. The van der Waals surface area contributed by atoms with Gasteiger partial charge in [-0.3, -0.25) is 4.79 Å². The number of benzene rings is 2. The number of nitrogens with one attached hydrogen (secondary N) is 1. The molecule has 0 fully saturated rings. The Morgan fingerprint density at radius 2 is 1.96 bits per heavy atom. The first-order valence-electron chi connectivity index (χ1n) is 7.93. The molecular formula is C19H16N4O2. The monoisotopic (exact) mass is 332 g/mol. The summed E-state index contributed by atoms with van der Waals surface area (Å²) in [6.07, 6.45) is 1.87. The average molecular weight is 332 g/mol. The molecule has 0 spiro atoms. The van der Waals surface area contributed by atoms with Crippen LogP contribution in [-0.2, 0) is 6.54 Å². The van der Waals surface area contributed by atoms with Gasteiger partial charge in [-0.05, 0) is 29.0 Å². The molecule has 6 nitrogen and oxygen atoms in total. The molecule has 0 aliphatic carbocycles. The Kier molecular flexibility index (Phi) is 3.78. The minimum atomic E-state index is -0.248. The van der Waals surface area contributed by atoms with E-state index in [2.05, 4.69) is 39.9 Å². The van der Waals surface area contributed by atoms with Gasteiger partial charge in [-0.2, -0.15) is 0 Å². The van der Waals surface area contributed by atoms with E-state index in [1.54, 1.807) is 23.9 Å². The zero-order valence-electron chi connectivity index (χ0n) is 13.6. The smallest absolute Gasteiger partial charge is 0.286 e. The summed E-state index contributed by atoms with van der Waals surface area (Å²) in [6, 6.07) is 17.8. The van der Waals surface area contributed by atoms with Crippen LogP contribution in [0.3, 0.4) is 0 Å². The standard InChI is InChI=1S/C19H16N4O2/c1-20-19(24)18-9-8-16(25-18)11-23-12-17(21-22-23)15-7-6-13-4-2-3-5-14(13)10-15/h2-10,12H,11H2,1H3,(H,20,24). The van der Waals surface area contributed by atoms with E-state index >= 15 is 0 Å². The molecule has 4 aromatic rings. The summed E-state index contributed by atoms with van der Waals surface area (Å²) in [7, 11) is 1.57. The lowest BCUT2D eigenvalue weighted by Crippen LogP contribution is -2.16. The van der Waals surface area contributed by atoms with E-state index in [1.165, 1.54) is 5.39 Å². The van der Waals surface area contributed by atoms with Gasteiger partial charge < -0.3 is 9.73 Å². The van der Waals surface area contributed by atoms with Crippen LogP contribution in [0.2, 0.25) is 0 Å². The highest BCUT2D eigenvalue weighted by Gasteiger charge is 2.11. The highest BCUT2D eigenvalue weighted by molar-refractivity contribution is 5.91. The number of fused-ring (bicyclic) bond motifs is 1. The number of rotatable bonds is 4. The summed E-state index contributed by atoms with van der Waals surface area (Å²) in [5, 5.41) is 13.3. The molecular weight excluding hydrogens is 316 g/mol. The Morgan fingerprint density at radius 3 is 2.80 bits per heavy atom. The number of amides is 1. The topological polar surface area (TPSA) is 73.0 Å². The number of aromatic nitrogens is 3. The lowest BCUT2D eigenvalue weighted by Gasteiger charge is -2.00. The molecule has 0 radical (unpaired) electrons. The second kappa shape index (κ2) is 6.24. The third kappa shape index (κ3) is 3.01. The average Bonchev–Trinajstić information content (AvgIpc) is 3.31. The number of furan rings is 1. The van der Waals surface area contributed by atoms with Crippen molar-refractivity contribution in [2.75, 3.05) is 7.05 Å². The van der Waals surface area contributed by atoms with Gasteiger partial charge in [0, 0.05) is 12.6 Å². The molecule has 2 aromatic heterocycles. The highest BCUT2D eigenvalue weighted by atomic mass is 16.4. The predicted molar refractivity (Wildman–Crippen MR) is 94.2 cm³/mol. The summed E-state index contributed by atoms with van der Waals surface area (Å²) in [5.74, 6) is 0.683.